The van der Waals surface area contributed by atoms with Crippen LogP contribution in [0.1, 0.15) is 6.92 Å². The Bertz CT molecular complexity index is 368. The maximum Gasteiger partial charge on any atom is 0.404 e. The fourth-order valence-corrected chi connectivity index (χ4v) is 1.59. The minimum atomic E-state index is -0.730. The largest absolute Gasteiger partial charge is 0.404 e. The third-order valence-corrected chi connectivity index (χ3v) is 2.34. The Balaban J connectivity index is 2.60. The first-order valence-electron chi connectivity index (χ1n) is 4.67. The summed E-state index contributed by atoms with van der Waals surface area (Å²) in [6.07, 6.45) is 0.721. The van der Waals surface area contributed by atoms with Crippen LogP contribution in [-0.4, -0.2) is 39.1 Å². The van der Waals surface area contributed by atoms with Gasteiger partial charge in [0.25, 0.3) is 0 Å². The highest BCUT2D eigenvalue weighted by Crippen LogP contribution is 2.21. The smallest absolute Gasteiger partial charge is 0.389 e. The van der Waals surface area contributed by atoms with E-state index in [1.807, 2.05) is 6.92 Å². The molecule has 0 fully saturated rings. The second-order valence-corrected chi connectivity index (χ2v) is 3.95. The summed E-state index contributed by atoms with van der Waals surface area (Å²) in [6, 6.07) is 0. The lowest BCUT2D eigenvalue weighted by atomic mass is 10.4. The monoisotopic (exact) mass is 293 g/mol. The molecule has 0 radical (unpaired) electrons. The van der Waals surface area contributed by atoms with Gasteiger partial charge in [-0.05, 0) is 27.8 Å². The average molecular weight is 294 g/mol. The van der Waals surface area contributed by atoms with Gasteiger partial charge in [-0.3, -0.25) is 0 Å². The van der Waals surface area contributed by atoms with Gasteiger partial charge in [0.2, 0.25) is 0 Å². The summed E-state index contributed by atoms with van der Waals surface area (Å²) in [6.45, 7) is 2.68. The summed E-state index contributed by atoms with van der Waals surface area (Å²) >= 11 is 3.02. The van der Waals surface area contributed by atoms with Gasteiger partial charge in [0.05, 0.1) is 30.6 Å². The number of nitrogens with zero attached hydrogens (tertiary/aromatic N) is 3. The van der Waals surface area contributed by atoms with Crippen LogP contribution in [0, 0.1) is 10.1 Å². The number of rotatable bonds is 6. The summed E-state index contributed by atoms with van der Waals surface area (Å²) in [4.78, 5) is 9.92. The first-order valence-corrected chi connectivity index (χ1v) is 5.47. The second-order valence-electron chi connectivity index (χ2n) is 3.09. The molecule has 0 aliphatic carbocycles. The quantitative estimate of drug-likeness (QED) is 0.623. The van der Waals surface area contributed by atoms with Gasteiger partial charge in [-0.15, -0.1) is 0 Å². The number of aliphatic hydroxyl groups excluding tert-OH is 1. The fraction of sp³-hybridized carbons (Fsp3) is 0.625. The topological polar surface area (TPSA) is 90.4 Å². The van der Waals surface area contributed by atoms with Crippen molar-refractivity contribution in [3.63, 3.8) is 0 Å². The second kappa shape index (κ2) is 5.92. The lowest BCUT2D eigenvalue weighted by Gasteiger charge is -2.07. The number of nitro groups is 1. The highest BCUT2D eigenvalue weighted by molar-refractivity contribution is 9.10. The number of aliphatic hydroxyl groups is 1. The van der Waals surface area contributed by atoms with E-state index in [9.17, 15) is 15.2 Å². The van der Waals surface area contributed by atoms with Crippen molar-refractivity contribution in [1.29, 1.82) is 0 Å². The Morgan fingerprint density at radius 1 is 1.81 bits per heavy atom. The van der Waals surface area contributed by atoms with Gasteiger partial charge in [-0.25, -0.2) is 0 Å². The van der Waals surface area contributed by atoms with Gasteiger partial charge in [0.1, 0.15) is 4.47 Å². The normalized spacial score (nSPS) is 12.7. The molecule has 90 valence electrons. The van der Waals surface area contributed by atoms with Gasteiger partial charge in [0.15, 0.2) is 0 Å². The molecule has 7 nitrogen and oxygen atoms in total. The van der Waals surface area contributed by atoms with Gasteiger partial charge >= 0.3 is 5.82 Å². The molecular weight excluding hydrogens is 282 g/mol. The Hall–Kier alpha value is -0.990. The highest BCUT2D eigenvalue weighted by Gasteiger charge is 2.19. The molecule has 1 atom stereocenters. The molecule has 16 heavy (non-hydrogen) atoms. The summed E-state index contributed by atoms with van der Waals surface area (Å²) < 4.78 is 6.62. The standard InChI is InChI=1S/C8H12BrN3O4/c1-2-16-5-6(13)3-11-4-7(9)8(10-11)12(14)15/h4,6,13H,2-3,5H2,1H3. The van der Waals surface area contributed by atoms with Crippen LogP contribution in [0.15, 0.2) is 10.7 Å². The van der Waals surface area contributed by atoms with Crippen molar-refractivity contribution in [3.05, 3.63) is 20.8 Å². The van der Waals surface area contributed by atoms with E-state index in [0.29, 0.717) is 11.1 Å². The first kappa shape index (κ1) is 13.1. The van der Waals surface area contributed by atoms with E-state index in [1.165, 1.54) is 10.9 Å². The molecule has 0 saturated carbocycles. The van der Waals surface area contributed by atoms with Crippen LogP contribution in [0.2, 0.25) is 0 Å². The minimum absolute atomic E-state index is 0.159. The third-order valence-electron chi connectivity index (χ3n) is 1.78. The summed E-state index contributed by atoms with van der Waals surface area (Å²) in [7, 11) is 0. The Morgan fingerprint density at radius 3 is 3.00 bits per heavy atom. The molecule has 8 heteroatoms. The molecule has 0 aliphatic rings. The molecule has 0 saturated heterocycles. The van der Waals surface area contributed by atoms with Gasteiger partial charge < -0.3 is 20.0 Å². The molecule has 1 aromatic rings. The molecule has 1 heterocycles. The first-order chi connectivity index (χ1) is 7.54. The molecule has 1 unspecified atom stereocenters. The van der Waals surface area contributed by atoms with Crippen molar-refractivity contribution in [1.82, 2.24) is 9.78 Å². The van der Waals surface area contributed by atoms with E-state index >= 15 is 0 Å². The lowest BCUT2D eigenvalue weighted by molar-refractivity contribution is -0.390. The van der Waals surface area contributed by atoms with E-state index in [0.717, 1.165) is 0 Å². The summed E-state index contributed by atoms with van der Waals surface area (Å²) in [5.41, 5.74) is 0. The van der Waals surface area contributed by atoms with Crippen LogP contribution >= 0.6 is 15.9 Å². The van der Waals surface area contributed by atoms with E-state index in [2.05, 4.69) is 21.0 Å². The zero-order valence-corrected chi connectivity index (χ0v) is 10.3. The number of aromatic nitrogens is 2. The molecule has 0 aromatic carbocycles. The van der Waals surface area contributed by atoms with Crippen LogP contribution in [0.3, 0.4) is 0 Å². The van der Waals surface area contributed by atoms with Crippen molar-refractivity contribution in [2.45, 2.75) is 19.6 Å². The van der Waals surface area contributed by atoms with E-state index in [-0.39, 0.29) is 19.0 Å². The van der Waals surface area contributed by atoms with Crippen LogP contribution < -0.4 is 0 Å². The van der Waals surface area contributed by atoms with Crippen molar-refractivity contribution < 1.29 is 14.8 Å². The predicted octanol–water partition coefficient (Wildman–Crippen LogP) is 0.951. The molecular formula is C8H12BrN3O4. The van der Waals surface area contributed by atoms with Gasteiger partial charge in [-0.2, -0.15) is 4.68 Å². The molecule has 0 spiro atoms. The molecule has 0 amide bonds. The van der Waals surface area contributed by atoms with Crippen molar-refractivity contribution in [2.75, 3.05) is 13.2 Å². The van der Waals surface area contributed by atoms with Crippen molar-refractivity contribution >= 4 is 21.7 Å². The van der Waals surface area contributed by atoms with Crippen LogP contribution in [-0.2, 0) is 11.3 Å². The Labute approximate surface area is 100 Å². The van der Waals surface area contributed by atoms with Crippen molar-refractivity contribution in [2.24, 2.45) is 0 Å². The molecule has 1 aromatic heterocycles. The van der Waals surface area contributed by atoms with Gasteiger partial charge in [0, 0.05) is 6.61 Å². The van der Waals surface area contributed by atoms with Crippen LogP contribution in [0.4, 0.5) is 5.82 Å². The average Bonchev–Trinajstić information content (AvgIpc) is 2.56. The zero-order valence-electron chi connectivity index (χ0n) is 8.67. The zero-order chi connectivity index (χ0) is 12.1. The molecule has 1 N–H and O–H groups in total. The fourth-order valence-electron chi connectivity index (χ4n) is 1.13. The van der Waals surface area contributed by atoms with Crippen LogP contribution in [0.25, 0.3) is 0 Å². The summed E-state index contributed by atoms with van der Waals surface area (Å²) in [5, 5.41) is 23.7. The number of halogens is 1. The van der Waals surface area contributed by atoms with E-state index in [1.54, 1.807) is 0 Å². The lowest BCUT2D eigenvalue weighted by Crippen LogP contribution is -2.22. The van der Waals surface area contributed by atoms with Crippen LogP contribution in [0.5, 0.6) is 0 Å². The SMILES string of the molecule is CCOCC(O)Cn1cc(Br)c([N+](=O)[O-])n1. The number of hydrogen-bond acceptors (Lipinski definition) is 5. The Morgan fingerprint density at radius 2 is 2.50 bits per heavy atom. The Kier molecular flexibility index (Phi) is 4.84. The van der Waals surface area contributed by atoms with Crippen molar-refractivity contribution in [3.8, 4) is 0 Å². The highest BCUT2D eigenvalue weighted by atomic mass is 79.9. The number of hydrogen-bond donors (Lipinski definition) is 1. The minimum Gasteiger partial charge on any atom is -0.389 e. The molecule has 1 rings (SSSR count). The maximum atomic E-state index is 10.5. The summed E-state index contributed by atoms with van der Waals surface area (Å²) in [5.74, 6) is -0.261. The maximum absolute atomic E-state index is 10.5. The third kappa shape index (κ3) is 3.54. The van der Waals surface area contributed by atoms with Gasteiger partial charge in [-0.1, -0.05) is 0 Å². The van der Waals surface area contributed by atoms with E-state index in [4.69, 9.17) is 4.74 Å². The number of ether oxygens (including phenoxy) is 1. The molecule has 0 aliphatic heterocycles. The molecule has 0 bridgehead atoms. The van der Waals surface area contributed by atoms with E-state index < -0.39 is 11.0 Å². The predicted molar refractivity (Wildman–Crippen MR) is 59.1 cm³/mol.